The summed E-state index contributed by atoms with van der Waals surface area (Å²) in [6, 6.07) is 7.45. The van der Waals surface area contributed by atoms with E-state index in [4.69, 9.17) is 9.84 Å². The molecule has 6 nitrogen and oxygen atoms in total. The van der Waals surface area contributed by atoms with E-state index in [9.17, 15) is 14.7 Å². The van der Waals surface area contributed by atoms with E-state index in [2.05, 4.69) is 11.8 Å². The van der Waals surface area contributed by atoms with E-state index in [0.29, 0.717) is 25.2 Å². The Balaban J connectivity index is 1.94. The van der Waals surface area contributed by atoms with Gasteiger partial charge < -0.3 is 19.8 Å². The summed E-state index contributed by atoms with van der Waals surface area (Å²) in [7, 11) is 0. The first-order valence-corrected chi connectivity index (χ1v) is 8.92. The van der Waals surface area contributed by atoms with Crippen molar-refractivity contribution >= 4 is 23.8 Å². The van der Waals surface area contributed by atoms with Crippen LogP contribution in [0, 0.1) is 17.3 Å². The molecule has 0 aromatic heterocycles. The van der Waals surface area contributed by atoms with Gasteiger partial charge >= 0.3 is 12.1 Å². The molecule has 1 amide bonds. The molecule has 1 heterocycles. The van der Waals surface area contributed by atoms with E-state index in [1.807, 2.05) is 24.3 Å². The highest BCUT2D eigenvalue weighted by Gasteiger charge is 2.42. The predicted octanol–water partition coefficient (Wildman–Crippen LogP) is 3.03. The van der Waals surface area contributed by atoms with Crippen molar-refractivity contribution in [1.29, 1.82) is 0 Å². The molecule has 0 atom stereocenters. The summed E-state index contributed by atoms with van der Waals surface area (Å²) < 4.78 is 5.45. The van der Waals surface area contributed by atoms with Gasteiger partial charge in [-0.15, -0.1) is 17.7 Å². The van der Waals surface area contributed by atoms with Crippen molar-refractivity contribution in [3.63, 3.8) is 0 Å². The van der Waals surface area contributed by atoms with Crippen LogP contribution in [0.2, 0.25) is 0 Å². The summed E-state index contributed by atoms with van der Waals surface area (Å²) >= 11 is 1.47. The Bertz CT molecular complexity index is 669. The van der Waals surface area contributed by atoms with Crippen LogP contribution in [0.25, 0.3) is 0 Å². The zero-order valence-corrected chi connectivity index (χ0v) is 14.8. The maximum Gasteiger partial charge on any atom is 0.407 e. The third-order valence-electron chi connectivity index (χ3n) is 4.27. The zero-order chi connectivity index (χ0) is 18.3. The van der Waals surface area contributed by atoms with Crippen LogP contribution in [0.5, 0.6) is 5.75 Å². The van der Waals surface area contributed by atoms with E-state index in [0.717, 1.165) is 10.6 Å². The molecule has 0 unspecified atom stereocenters. The van der Waals surface area contributed by atoms with Crippen molar-refractivity contribution in [2.45, 2.75) is 24.7 Å². The Labute approximate surface area is 151 Å². The van der Waals surface area contributed by atoms with Crippen molar-refractivity contribution in [1.82, 2.24) is 4.90 Å². The molecular formula is C18H21NO5S. The van der Waals surface area contributed by atoms with Gasteiger partial charge in [0.1, 0.15) is 12.4 Å². The second-order valence-electron chi connectivity index (χ2n) is 5.83. The van der Waals surface area contributed by atoms with Crippen molar-refractivity contribution in [2.75, 3.05) is 25.4 Å². The van der Waals surface area contributed by atoms with E-state index < -0.39 is 17.5 Å². The van der Waals surface area contributed by atoms with Crippen molar-refractivity contribution in [3.8, 4) is 17.6 Å². The van der Waals surface area contributed by atoms with Crippen LogP contribution in [0.4, 0.5) is 4.79 Å². The Hall–Kier alpha value is -2.33. The number of nitrogens with zero attached hydrogens (tertiary/aromatic N) is 1. The fourth-order valence-corrected chi connectivity index (χ4v) is 3.77. The lowest BCUT2D eigenvalue weighted by Crippen LogP contribution is -2.47. The third-order valence-corrected chi connectivity index (χ3v) is 5.57. The number of rotatable bonds is 6. The van der Waals surface area contributed by atoms with Gasteiger partial charge in [0, 0.05) is 23.7 Å². The Morgan fingerprint density at radius 1 is 1.24 bits per heavy atom. The quantitative estimate of drug-likeness (QED) is 0.597. The maximum absolute atomic E-state index is 11.8. The summed E-state index contributed by atoms with van der Waals surface area (Å²) in [5, 5.41) is 18.7. The summed E-state index contributed by atoms with van der Waals surface area (Å²) in [5.74, 6) is 5.85. The average molecular weight is 363 g/mol. The molecule has 7 heteroatoms. The SMILES string of the molecule is CC#CCOc1ccc(SCC2(C(=O)O)CCN(C(=O)O)CC2)cc1. The van der Waals surface area contributed by atoms with Crippen molar-refractivity contribution < 1.29 is 24.5 Å². The fraction of sp³-hybridized carbons (Fsp3) is 0.444. The number of benzene rings is 1. The van der Waals surface area contributed by atoms with E-state index in [1.54, 1.807) is 6.92 Å². The summed E-state index contributed by atoms with van der Waals surface area (Å²) in [5.41, 5.74) is -0.886. The lowest BCUT2D eigenvalue weighted by molar-refractivity contribution is -0.150. The molecule has 1 aliphatic rings. The number of likely N-dealkylation sites (tertiary alicyclic amines) is 1. The first-order valence-electron chi connectivity index (χ1n) is 7.93. The van der Waals surface area contributed by atoms with Crippen molar-refractivity contribution in [2.24, 2.45) is 5.41 Å². The molecule has 0 aliphatic carbocycles. The number of amides is 1. The molecule has 1 saturated heterocycles. The van der Waals surface area contributed by atoms with Crippen LogP contribution in [-0.4, -0.2) is 52.6 Å². The molecule has 2 rings (SSSR count). The Morgan fingerprint density at radius 2 is 1.88 bits per heavy atom. The lowest BCUT2D eigenvalue weighted by atomic mass is 9.80. The minimum atomic E-state index is -0.991. The number of piperidine rings is 1. The second-order valence-corrected chi connectivity index (χ2v) is 6.88. The first kappa shape index (κ1) is 19.0. The van der Waals surface area contributed by atoms with E-state index in [1.165, 1.54) is 16.7 Å². The molecule has 134 valence electrons. The van der Waals surface area contributed by atoms with E-state index >= 15 is 0 Å². The minimum Gasteiger partial charge on any atom is -0.481 e. The first-order chi connectivity index (χ1) is 12.0. The standard InChI is InChI=1S/C18H21NO5S/c1-2-3-12-24-14-4-6-15(7-5-14)25-13-18(16(20)21)8-10-19(11-9-18)17(22)23/h4-7H,8-13H2,1H3,(H,20,21)(H,22,23). The van der Waals surface area contributed by atoms with Crippen LogP contribution in [-0.2, 0) is 4.79 Å². The molecule has 1 fully saturated rings. The molecule has 1 aromatic carbocycles. The normalized spacial score (nSPS) is 15.8. The Morgan fingerprint density at radius 3 is 2.40 bits per heavy atom. The number of carbonyl (C=O) groups is 2. The van der Waals surface area contributed by atoms with Crippen LogP contribution < -0.4 is 4.74 Å². The highest BCUT2D eigenvalue weighted by Crippen LogP contribution is 2.38. The Kier molecular flexibility index (Phi) is 6.59. The van der Waals surface area contributed by atoms with Crippen LogP contribution in [0.3, 0.4) is 0 Å². The average Bonchev–Trinajstić information content (AvgIpc) is 2.61. The van der Waals surface area contributed by atoms with Gasteiger partial charge in [-0.2, -0.15) is 0 Å². The van der Waals surface area contributed by atoms with Crippen molar-refractivity contribution in [3.05, 3.63) is 24.3 Å². The molecular weight excluding hydrogens is 342 g/mol. The molecule has 1 aliphatic heterocycles. The zero-order valence-electron chi connectivity index (χ0n) is 14.0. The highest BCUT2D eigenvalue weighted by atomic mass is 32.2. The minimum absolute atomic E-state index is 0.257. The number of hydrogen-bond acceptors (Lipinski definition) is 4. The molecule has 1 aromatic rings. The van der Waals surface area contributed by atoms with Gasteiger partial charge in [-0.3, -0.25) is 4.79 Å². The number of thioether (sulfide) groups is 1. The largest absolute Gasteiger partial charge is 0.481 e. The number of carboxylic acid groups (broad SMARTS) is 2. The topological polar surface area (TPSA) is 87.1 Å². The molecule has 0 saturated carbocycles. The van der Waals surface area contributed by atoms with Crippen LogP contribution in [0.1, 0.15) is 19.8 Å². The maximum atomic E-state index is 11.8. The van der Waals surface area contributed by atoms with Gasteiger partial charge in [0.15, 0.2) is 0 Å². The van der Waals surface area contributed by atoms with Gasteiger partial charge in [0.25, 0.3) is 0 Å². The monoisotopic (exact) mass is 363 g/mol. The predicted molar refractivity (Wildman–Crippen MR) is 95.0 cm³/mol. The fourth-order valence-electron chi connectivity index (χ4n) is 2.59. The van der Waals surface area contributed by atoms with E-state index in [-0.39, 0.29) is 13.1 Å². The number of hydrogen-bond donors (Lipinski definition) is 2. The van der Waals surface area contributed by atoms with Crippen LogP contribution >= 0.6 is 11.8 Å². The molecule has 0 radical (unpaired) electrons. The summed E-state index contributed by atoms with van der Waals surface area (Å²) in [4.78, 5) is 25.0. The smallest absolute Gasteiger partial charge is 0.407 e. The third kappa shape index (κ3) is 5.07. The molecule has 25 heavy (non-hydrogen) atoms. The number of aliphatic carboxylic acids is 1. The number of ether oxygens (including phenoxy) is 1. The highest BCUT2D eigenvalue weighted by molar-refractivity contribution is 7.99. The second kappa shape index (κ2) is 8.67. The van der Waals surface area contributed by atoms with Gasteiger partial charge in [-0.05, 0) is 44.0 Å². The molecule has 0 bridgehead atoms. The lowest BCUT2D eigenvalue weighted by Gasteiger charge is -2.37. The van der Waals surface area contributed by atoms with Gasteiger partial charge in [-0.1, -0.05) is 5.92 Å². The number of carboxylic acids is 1. The van der Waals surface area contributed by atoms with Gasteiger partial charge in [0.05, 0.1) is 5.41 Å². The van der Waals surface area contributed by atoms with Gasteiger partial charge in [-0.25, -0.2) is 4.79 Å². The van der Waals surface area contributed by atoms with Gasteiger partial charge in [0.2, 0.25) is 0 Å². The molecule has 0 spiro atoms. The molecule has 2 N–H and O–H groups in total. The summed E-state index contributed by atoms with van der Waals surface area (Å²) in [6.45, 7) is 2.61. The van der Waals surface area contributed by atoms with Crippen LogP contribution in [0.15, 0.2) is 29.2 Å². The summed E-state index contributed by atoms with van der Waals surface area (Å²) in [6.07, 6.45) is -0.327.